The molecule has 1 saturated carbocycles. The minimum absolute atomic E-state index is 0.140. The summed E-state index contributed by atoms with van der Waals surface area (Å²) in [6.07, 6.45) is 5.52. The van der Waals surface area contributed by atoms with Crippen molar-refractivity contribution in [3.8, 4) is 17.6 Å². The predicted octanol–water partition coefficient (Wildman–Crippen LogP) is 1.67. The molecule has 0 amide bonds. The molecule has 158 valence electrons. The summed E-state index contributed by atoms with van der Waals surface area (Å²) >= 11 is 0. The Bertz CT molecular complexity index is 1140. The van der Waals surface area contributed by atoms with Gasteiger partial charge in [0.2, 0.25) is 5.75 Å². The van der Waals surface area contributed by atoms with Gasteiger partial charge in [-0.25, -0.2) is 4.98 Å². The molecule has 0 saturated heterocycles. The molecule has 7 nitrogen and oxygen atoms in total. The fourth-order valence-electron chi connectivity index (χ4n) is 3.37. The van der Waals surface area contributed by atoms with Crippen LogP contribution in [0, 0.1) is 11.8 Å². The molecule has 7 heteroatoms. The molecule has 0 atom stereocenters. The van der Waals surface area contributed by atoms with Crippen LogP contribution in [0.5, 0.6) is 5.75 Å². The molecule has 2 aromatic heterocycles. The zero-order chi connectivity index (χ0) is 21.6. The Morgan fingerprint density at radius 2 is 1.77 bits per heavy atom. The summed E-state index contributed by atoms with van der Waals surface area (Å²) in [4.78, 5) is 22.1. The topological polar surface area (TPSA) is 111 Å². The molecule has 1 aliphatic rings. The van der Waals surface area contributed by atoms with Crippen molar-refractivity contribution < 1.29 is 10.2 Å². The van der Waals surface area contributed by atoms with Crippen LogP contribution in [-0.2, 0) is 19.4 Å². The Hall–Kier alpha value is -3.47. The van der Waals surface area contributed by atoms with Gasteiger partial charge in [0.1, 0.15) is 0 Å². The molecule has 2 heterocycles. The molecule has 1 fully saturated rings. The van der Waals surface area contributed by atoms with E-state index in [1.165, 1.54) is 11.9 Å². The van der Waals surface area contributed by atoms with Gasteiger partial charge in [-0.3, -0.25) is 9.78 Å². The zero-order valence-electron chi connectivity index (χ0n) is 17.0. The predicted molar refractivity (Wildman–Crippen MR) is 116 cm³/mol. The number of aliphatic hydroxyl groups is 1. The maximum absolute atomic E-state index is 11.4. The molecular formula is C24H24N4O3. The molecule has 0 aliphatic heterocycles. The standard InChI is InChI=1S/C24H24N4O3/c29-21-11-20(12-21)26-14-17-4-1-16(2-5-17)3-6-18-7-8-19(25-13-18)9-10-22-23(30)24(31)28-15-27-22/h1-2,4-5,7-8,13,15,20-21,26,29-30H,9-12,14H2,(H,27,28,31). The van der Waals surface area contributed by atoms with Crippen LogP contribution >= 0.6 is 0 Å². The molecule has 31 heavy (non-hydrogen) atoms. The number of aliphatic hydroxyl groups excluding tert-OH is 1. The first-order chi connectivity index (χ1) is 15.1. The van der Waals surface area contributed by atoms with Crippen molar-refractivity contribution in [2.45, 2.75) is 44.4 Å². The van der Waals surface area contributed by atoms with Crippen molar-refractivity contribution in [1.82, 2.24) is 20.3 Å². The van der Waals surface area contributed by atoms with Gasteiger partial charge in [-0.2, -0.15) is 0 Å². The highest BCUT2D eigenvalue weighted by Gasteiger charge is 2.26. The van der Waals surface area contributed by atoms with Crippen molar-refractivity contribution in [3.63, 3.8) is 0 Å². The fraction of sp³-hybridized carbons (Fsp3) is 0.292. The number of benzene rings is 1. The molecule has 1 aliphatic carbocycles. The van der Waals surface area contributed by atoms with Crippen LogP contribution in [0.25, 0.3) is 0 Å². The SMILES string of the molecule is O=c1[nH]cnc(CCc2ccc(C#Cc3ccc(CNC4CC(O)C4)cc3)cn2)c1O. The van der Waals surface area contributed by atoms with Gasteiger partial charge >= 0.3 is 0 Å². The third-order valence-corrected chi connectivity index (χ3v) is 5.36. The van der Waals surface area contributed by atoms with E-state index >= 15 is 0 Å². The van der Waals surface area contributed by atoms with Crippen molar-refractivity contribution in [2.24, 2.45) is 0 Å². The minimum atomic E-state index is -0.536. The molecular weight excluding hydrogens is 392 g/mol. The molecule has 0 bridgehead atoms. The van der Waals surface area contributed by atoms with Crippen LogP contribution in [-0.4, -0.2) is 37.3 Å². The Morgan fingerprint density at radius 3 is 2.48 bits per heavy atom. The lowest BCUT2D eigenvalue weighted by Gasteiger charge is -2.32. The van der Waals surface area contributed by atoms with Gasteiger partial charge in [0.25, 0.3) is 5.56 Å². The summed E-state index contributed by atoms with van der Waals surface area (Å²) in [5.74, 6) is 5.93. The van der Waals surface area contributed by atoms with E-state index in [2.05, 4.69) is 44.2 Å². The maximum atomic E-state index is 11.4. The Labute approximate surface area is 180 Å². The van der Waals surface area contributed by atoms with Crippen LogP contribution in [0.15, 0.2) is 53.7 Å². The first-order valence-corrected chi connectivity index (χ1v) is 10.3. The van der Waals surface area contributed by atoms with E-state index in [0.29, 0.717) is 24.6 Å². The average molecular weight is 416 g/mol. The monoisotopic (exact) mass is 416 g/mol. The van der Waals surface area contributed by atoms with Crippen LogP contribution in [0.2, 0.25) is 0 Å². The second-order valence-electron chi connectivity index (χ2n) is 7.72. The van der Waals surface area contributed by atoms with E-state index in [0.717, 1.165) is 36.2 Å². The summed E-state index contributed by atoms with van der Waals surface area (Å²) in [7, 11) is 0. The fourth-order valence-corrected chi connectivity index (χ4v) is 3.37. The Balaban J connectivity index is 1.30. The highest BCUT2D eigenvalue weighted by atomic mass is 16.3. The van der Waals surface area contributed by atoms with Crippen molar-refractivity contribution in [3.05, 3.63) is 87.4 Å². The third-order valence-electron chi connectivity index (χ3n) is 5.36. The molecule has 4 N–H and O–H groups in total. The number of hydrogen-bond donors (Lipinski definition) is 4. The van der Waals surface area contributed by atoms with Crippen LogP contribution in [0.4, 0.5) is 0 Å². The van der Waals surface area contributed by atoms with E-state index in [9.17, 15) is 15.0 Å². The number of hydrogen-bond acceptors (Lipinski definition) is 6. The van der Waals surface area contributed by atoms with E-state index < -0.39 is 5.56 Å². The largest absolute Gasteiger partial charge is 0.502 e. The molecule has 0 radical (unpaired) electrons. The van der Waals surface area contributed by atoms with E-state index in [1.54, 1.807) is 6.20 Å². The first-order valence-electron chi connectivity index (χ1n) is 10.3. The van der Waals surface area contributed by atoms with Gasteiger partial charge in [-0.15, -0.1) is 0 Å². The van der Waals surface area contributed by atoms with Crippen LogP contribution in [0.3, 0.4) is 0 Å². The molecule has 0 spiro atoms. The van der Waals surface area contributed by atoms with Gasteiger partial charge < -0.3 is 20.5 Å². The molecule has 4 rings (SSSR count). The first kappa shape index (κ1) is 20.8. The third kappa shape index (κ3) is 5.57. The quantitative estimate of drug-likeness (QED) is 0.455. The second-order valence-corrected chi connectivity index (χ2v) is 7.72. The number of rotatable bonds is 6. The van der Waals surface area contributed by atoms with E-state index in [4.69, 9.17) is 0 Å². The zero-order valence-corrected chi connectivity index (χ0v) is 17.0. The summed E-state index contributed by atoms with van der Waals surface area (Å²) in [6.45, 7) is 0.793. The lowest BCUT2D eigenvalue weighted by atomic mass is 9.89. The van der Waals surface area contributed by atoms with Crippen molar-refractivity contribution in [1.29, 1.82) is 0 Å². The van der Waals surface area contributed by atoms with E-state index in [1.807, 2.05) is 24.3 Å². The number of nitrogens with one attached hydrogen (secondary N) is 2. The summed E-state index contributed by atoms with van der Waals surface area (Å²) < 4.78 is 0. The molecule has 1 aromatic carbocycles. The van der Waals surface area contributed by atoms with Gasteiger partial charge in [0.15, 0.2) is 0 Å². The minimum Gasteiger partial charge on any atom is -0.502 e. The average Bonchev–Trinajstić information content (AvgIpc) is 2.77. The second kappa shape index (κ2) is 9.56. The number of pyridine rings is 1. The normalized spacial score (nSPS) is 17.5. The lowest BCUT2D eigenvalue weighted by molar-refractivity contribution is 0.0619. The molecule has 0 unspecified atom stereocenters. The summed E-state index contributed by atoms with van der Waals surface area (Å²) in [5, 5.41) is 22.5. The number of H-pyrrole nitrogens is 1. The van der Waals surface area contributed by atoms with Crippen LogP contribution < -0.4 is 10.9 Å². The number of nitrogens with zero attached hydrogens (tertiary/aromatic N) is 2. The Morgan fingerprint density at radius 1 is 1.03 bits per heavy atom. The number of aromatic hydroxyl groups is 1. The smallest absolute Gasteiger partial charge is 0.293 e. The van der Waals surface area contributed by atoms with Crippen molar-refractivity contribution >= 4 is 0 Å². The van der Waals surface area contributed by atoms with Gasteiger partial charge in [-0.05, 0) is 55.5 Å². The highest BCUT2D eigenvalue weighted by Crippen LogP contribution is 2.19. The molecule has 3 aromatic rings. The summed E-state index contributed by atoms with van der Waals surface area (Å²) in [5.41, 5.74) is 3.60. The lowest BCUT2D eigenvalue weighted by Crippen LogP contribution is -2.43. The number of aryl methyl sites for hydroxylation is 2. The van der Waals surface area contributed by atoms with Crippen LogP contribution in [0.1, 0.15) is 40.9 Å². The van der Waals surface area contributed by atoms with E-state index in [-0.39, 0.29) is 11.9 Å². The van der Waals surface area contributed by atoms with Gasteiger partial charge in [-0.1, -0.05) is 24.0 Å². The van der Waals surface area contributed by atoms with Crippen molar-refractivity contribution in [2.75, 3.05) is 0 Å². The maximum Gasteiger partial charge on any atom is 0.293 e. The number of aromatic nitrogens is 3. The summed E-state index contributed by atoms with van der Waals surface area (Å²) in [6, 6.07) is 12.3. The number of aromatic amines is 1. The highest BCUT2D eigenvalue weighted by molar-refractivity contribution is 5.42. The van der Waals surface area contributed by atoms with Gasteiger partial charge in [0, 0.05) is 35.6 Å². The Kier molecular flexibility index (Phi) is 6.41. The van der Waals surface area contributed by atoms with Gasteiger partial charge in [0.05, 0.1) is 18.1 Å².